The van der Waals surface area contributed by atoms with Crippen molar-refractivity contribution in [2.24, 2.45) is 0 Å². The molecular weight excluding hydrogens is 204 g/mol. The molecule has 1 aromatic heterocycles. The van der Waals surface area contributed by atoms with E-state index in [1.807, 2.05) is 10.9 Å². The summed E-state index contributed by atoms with van der Waals surface area (Å²) in [5.74, 6) is 0. The number of nitrogens with zero attached hydrogens (tertiary/aromatic N) is 3. The van der Waals surface area contributed by atoms with Gasteiger partial charge in [0, 0.05) is 19.3 Å². The van der Waals surface area contributed by atoms with Crippen molar-refractivity contribution in [3.63, 3.8) is 0 Å². The van der Waals surface area contributed by atoms with Crippen LogP contribution < -0.4 is 5.32 Å². The van der Waals surface area contributed by atoms with Gasteiger partial charge in [-0.05, 0) is 32.7 Å². The quantitative estimate of drug-likeness (QED) is 0.727. The van der Waals surface area contributed by atoms with Crippen molar-refractivity contribution >= 4 is 0 Å². The number of rotatable bonds is 6. The van der Waals surface area contributed by atoms with E-state index in [-0.39, 0.29) is 0 Å². The Balaban J connectivity index is 1.49. The average Bonchev–Trinajstić information content (AvgIpc) is 2.89. The van der Waals surface area contributed by atoms with Gasteiger partial charge < -0.3 is 10.1 Å². The molecule has 1 saturated heterocycles. The van der Waals surface area contributed by atoms with Crippen molar-refractivity contribution in [2.45, 2.75) is 44.9 Å². The molecule has 0 aliphatic carbocycles. The topological polar surface area (TPSA) is 52.0 Å². The average molecular weight is 224 g/mol. The Morgan fingerprint density at radius 2 is 2.44 bits per heavy atom. The first-order chi connectivity index (χ1) is 7.84. The van der Waals surface area contributed by atoms with Crippen LogP contribution in [0.25, 0.3) is 0 Å². The van der Waals surface area contributed by atoms with Crippen LogP contribution in [-0.4, -0.2) is 40.3 Å². The van der Waals surface area contributed by atoms with Gasteiger partial charge in [0.2, 0.25) is 0 Å². The summed E-state index contributed by atoms with van der Waals surface area (Å²) >= 11 is 0. The van der Waals surface area contributed by atoms with Gasteiger partial charge in [-0.25, -0.2) is 0 Å². The zero-order valence-electron chi connectivity index (χ0n) is 9.80. The number of hydrogen-bond donors (Lipinski definition) is 1. The lowest BCUT2D eigenvalue weighted by atomic mass is 10.2. The maximum absolute atomic E-state index is 5.72. The molecule has 0 amide bonds. The van der Waals surface area contributed by atoms with Gasteiger partial charge >= 0.3 is 0 Å². The standard InChI is InChI=1S/C11H20N4O/c1-10-3-4-11(16-10)9-12-5-2-7-15-8-6-13-14-15/h6,8,10-12H,2-5,7,9H2,1H3. The zero-order chi connectivity index (χ0) is 11.2. The van der Waals surface area contributed by atoms with E-state index in [1.54, 1.807) is 6.20 Å². The highest BCUT2D eigenvalue weighted by Gasteiger charge is 2.20. The molecule has 5 heteroatoms. The van der Waals surface area contributed by atoms with E-state index in [2.05, 4.69) is 22.6 Å². The second-order valence-electron chi connectivity index (χ2n) is 4.37. The van der Waals surface area contributed by atoms with E-state index in [4.69, 9.17) is 4.74 Å². The van der Waals surface area contributed by atoms with Gasteiger partial charge in [0.05, 0.1) is 18.4 Å². The summed E-state index contributed by atoms with van der Waals surface area (Å²) < 4.78 is 7.58. The molecule has 5 nitrogen and oxygen atoms in total. The monoisotopic (exact) mass is 224 g/mol. The number of nitrogens with one attached hydrogen (secondary N) is 1. The Morgan fingerprint density at radius 3 is 3.12 bits per heavy atom. The van der Waals surface area contributed by atoms with Crippen molar-refractivity contribution in [1.82, 2.24) is 20.3 Å². The lowest BCUT2D eigenvalue weighted by Crippen LogP contribution is -2.28. The molecule has 0 spiro atoms. The van der Waals surface area contributed by atoms with Crippen LogP contribution in [0.3, 0.4) is 0 Å². The van der Waals surface area contributed by atoms with Gasteiger partial charge in [0.25, 0.3) is 0 Å². The van der Waals surface area contributed by atoms with Crippen molar-refractivity contribution in [3.05, 3.63) is 12.4 Å². The molecule has 1 fully saturated rings. The molecule has 1 N–H and O–H groups in total. The first kappa shape index (κ1) is 11.5. The Bertz CT molecular complexity index is 288. The fourth-order valence-electron chi connectivity index (χ4n) is 2.02. The Labute approximate surface area is 96.2 Å². The lowest BCUT2D eigenvalue weighted by Gasteiger charge is -2.11. The fourth-order valence-corrected chi connectivity index (χ4v) is 2.02. The summed E-state index contributed by atoms with van der Waals surface area (Å²) in [5.41, 5.74) is 0. The molecule has 0 saturated carbocycles. The molecule has 0 aromatic carbocycles. The summed E-state index contributed by atoms with van der Waals surface area (Å²) in [4.78, 5) is 0. The van der Waals surface area contributed by atoms with Gasteiger partial charge in [-0.15, -0.1) is 5.10 Å². The summed E-state index contributed by atoms with van der Waals surface area (Å²) in [6.07, 6.45) is 7.93. The minimum absolute atomic E-state index is 0.418. The highest BCUT2D eigenvalue weighted by molar-refractivity contribution is 4.72. The first-order valence-electron chi connectivity index (χ1n) is 6.05. The molecule has 2 heterocycles. The van der Waals surface area contributed by atoms with E-state index in [9.17, 15) is 0 Å². The molecule has 2 rings (SSSR count). The molecule has 2 unspecified atom stereocenters. The van der Waals surface area contributed by atoms with Crippen LogP contribution in [0.5, 0.6) is 0 Å². The maximum Gasteiger partial charge on any atom is 0.0704 e. The fraction of sp³-hybridized carbons (Fsp3) is 0.818. The number of ether oxygens (including phenoxy) is 1. The molecule has 90 valence electrons. The largest absolute Gasteiger partial charge is 0.374 e. The first-order valence-corrected chi connectivity index (χ1v) is 6.05. The van der Waals surface area contributed by atoms with Crippen LogP contribution in [-0.2, 0) is 11.3 Å². The smallest absolute Gasteiger partial charge is 0.0704 e. The third-order valence-corrected chi connectivity index (χ3v) is 2.90. The molecule has 2 atom stereocenters. The summed E-state index contributed by atoms with van der Waals surface area (Å²) in [5, 5.41) is 11.1. The van der Waals surface area contributed by atoms with Crippen LogP contribution in [0.4, 0.5) is 0 Å². The van der Waals surface area contributed by atoms with Gasteiger partial charge in [0.15, 0.2) is 0 Å². The van der Waals surface area contributed by atoms with E-state index in [0.29, 0.717) is 12.2 Å². The second-order valence-corrected chi connectivity index (χ2v) is 4.37. The molecule has 1 aromatic rings. The van der Waals surface area contributed by atoms with Crippen LogP contribution >= 0.6 is 0 Å². The predicted molar refractivity (Wildman–Crippen MR) is 61.1 cm³/mol. The van der Waals surface area contributed by atoms with E-state index < -0.39 is 0 Å². The third-order valence-electron chi connectivity index (χ3n) is 2.90. The minimum Gasteiger partial charge on any atom is -0.374 e. The number of aryl methyl sites for hydroxylation is 1. The Hall–Kier alpha value is -0.940. The SMILES string of the molecule is CC1CCC(CNCCCn2ccnn2)O1. The Morgan fingerprint density at radius 1 is 1.50 bits per heavy atom. The van der Waals surface area contributed by atoms with Gasteiger partial charge in [-0.3, -0.25) is 4.68 Å². The van der Waals surface area contributed by atoms with Crippen molar-refractivity contribution in [3.8, 4) is 0 Å². The molecule has 0 bridgehead atoms. The van der Waals surface area contributed by atoms with Gasteiger partial charge in [0.1, 0.15) is 0 Å². The lowest BCUT2D eigenvalue weighted by molar-refractivity contribution is 0.0561. The highest BCUT2D eigenvalue weighted by atomic mass is 16.5. The minimum atomic E-state index is 0.418. The second kappa shape index (κ2) is 5.96. The summed E-state index contributed by atoms with van der Waals surface area (Å²) in [6.45, 7) is 5.05. The number of aromatic nitrogens is 3. The van der Waals surface area contributed by atoms with Crippen molar-refractivity contribution in [2.75, 3.05) is 13.1 Å². The number of hydrogen-bond acceptors (Lipinski definition) is 4. The summed E-state index contributed by atoms with van der Waals surface area (Å²) in [7, 11) is 0. The van der Waals surface area contributed by atoms with Crippen LogP contribution in [0.1, 0.15) is 26.2 Å². The van der Waals surface area contributed by atoms with Crippen LogP contribution in [0, 0.1) is 0 Å². The molecule has 16 heavy (non-hydrogen) atoms. The normalized spacial score (nSPS) is 25.1. The van der Waals surface area contributed by atoms with Crippen molar-refractivity contribution < 1.29 is 4.74 Å². The van der Waals surface area contributed by atoms with Crippen LogP contribution in [0.2, 0.25) is 0 Å². The van der Waals surface area contributed by atoms with E-state index in [1.165, 1.54) is 12.8 Å². The van der Waals surface area contributed by atoms with E-state index >= 15 is 0 Å². The molecule has 0 radical (unpaired) electrons. The molecule has 1 aliphatic rings. The highest BCUT2D eigenvalue weighted by Crippen LogP contribution is 2.17. The van der Waals surface area contributed by atoms with E-state index in [0.717, 1.165) is 26.1 Å². The maximum atomic E-state index is 5.72. The summed E-state index contributed by atoms with van der Waals surface area (Å²) in [6, 6.07) is 0. The zero-order valence-corrected chi connectivity index (χ0v) is 9.80. The predicted octanol–water partition coefficient (Wildman–Crippen LogP) is 0.825. The Kier molecular flexibility index (Phi) is 4.30. The third kappa shape index (κ3) is 3.57. The van der Waals surface area contributed by atoms with Crippen LogP contribution in [0.15, 0.2) is 12.4 Å². The molecule has 1 aliphatic heterocycles. The van der Waals surface area contributed by atoms with Gasteiger partial charge in [-0.2, -0.15) is 0 Å². The molecular formula is C11H20N4O. The van der Waals surface area contributed by atoms with Gasteiger partial charge in [-0.1, -0.05) is 5.21 Å². The van der Waals surface area contributed by atoms with Crippen molar-refractivity contribution in [1.29, 1.82) is 0 Å².